The Morgan fingerprint density at radius 2 is 1.94 bits per heavy atom. The third kappa shape index (κ3) is 2.87. The molecular weight excluding hydrogens is 212 g/mol. The van der Waals surface area contributed by atoms with E-state index in [9.17, 15) is 0 Å². The van der Waals surface area contributed by atoms with E-state index in [1.807, 2.05) is 13.0 Å². The molecule has 1 fully saturated rings. The van der Waals surface area contributed by atoms with Gasteiger partial charge in [0.2, 0.25) is 5.95 Å². The second-order valence-electron chi connectivity index (χ2n) is 5.29. The molecule has 2 N–H and O–H groups in total. The van der Waals surface area contributed by atoms with E-state index in [-0.39, 0.29) is 0 Å². The predicted octanol–water partition coefficient (Wildman–Crippen LogP) is 2.24. The summed E-state index contributed by atoms with van der Waals surface area (Å²) in [7, 11) is 0. The smallest absolute Gasteiger partial charge is 0.222 e. The molecule has 0 saturated carbocycles. The number of nitrogens with zero attached hydrogens (tertiary/aromatic N) is 3. The van der Waals surface area contributed by atoms with Crippen LogP contribution in [0.15, 0.2) is 6.07 Å². The van der Waals surface area contributed by atoms with Crippen LogP contribution < -0.4 is 10.6 Å². The second-order valence-corrected chi connectivity index (χ2v) is 5.29. The third-order valence-corrected chi connectivity index (χ3v) is 3.66. The Balaban J connectivity index is 2.05. The van der Waals surface area contributed by atoms with E-state index < -0.39 is 0 Å². The minimum atomic E-state index is 0.381. The number of anilines is 2. The highest BCUT2D eigenvalue weighted by Crippen LogP contribution is 2.27. The maximum atomic E-state index is 5.69. The normalized spacial score (nSPS) is 17.8. The molecule has 0 radical (unpaired) electrons. The Morgan fingerprint density at radius 1 is 1.29 bits per heavy atom. The molecule has 1 aromatic rings. The molecule has 0 unspecified atom stereocenters. The number of nitrogens with two attached hydrogens (primary N) is 1. The summed E-state index contributed by atoms with van der Waals surface area (Å²) in [5, 5.41) is 0. The molecule has 2 rings (SSSR count). The molecule has 0 bridgehead atoms. The van der Waals surface area contributed by atoms with Gasteiger partial charge in [0.05, 0.1) is 0 Å². The zero-order chi connectivity index (χ0) is 12.4. The summed E-state index contributed by atoms with van der Waals surface area (Å²) in [6.45, 7) is 8.75. The number of rotatable bonds is 2. The van der Waals surface area contributed by atoms with Crippen LogP contribution in [0.1, 0.15) is 32.4 Å². The highest BCUT2D eigenvalue weighted by Gasteiger charge is 2.22. The van der Waals surface area contributed by atoms with Gasteiger partial charge < -0.3 is 10.6 Å². The van der Waals surface area contributed by atoms with Crippen LogP contribution in [-0.4, -0.2) is 23.1 Å². The van der Waals surface area contributed by atoms with Crippen molar-refractivity contribution in [2.24, 2.45) is 11.8 Å². The Hall–Kier alpha value is -1.32. The fraction of sp³-hybridized carbons (Fsp3) is 0.692. The molecule has 17 heavy (non-hydrogen) atoms. The molecule has 0 spiro atoms. The van der Waals surface area contributed by atoms with Gasteiger partial charge in [-0.25, -0.2) is 4.98 Å². The van der Waals surface area contributed by atoms with Gasteiger partial charge in [0.25, 0.3) is 0 Å². The van der Waals surface area contributed by atoms with Crippen molar-refractivity contribution in [2.45, 2.75) is 33.6 Å². The molecule has 1 aliphatic rings. The number of aromatic nitrogens is 2. The van der Waals surface area contributed by atoms with Crippen molar-refractivity contribution in [1.29, 1.82) is 0 Å². The highest BCUT2D eigenvalue weighted by atomic mass is 15.2. The fourth-order valence-corrected chi connectivity index (χ4v) is 2.53. The SMILES string of the molecule is Cc1cc(N2CCC(C(C)C)CC2)nc(N)n1. The van der Waals surface area contributed by atoms with E-state index in [1.165, 1.54) is 12.8 Å². The first-order valence-corrected chi connectivity index (χ1v) is 6.42. The highest BCUT2D eigenvalue weighted by molar-refractivity contribution is 5.43. The van der Waals surface area contributed by atoms with Gasteiger partial charge in [0.1, 0.15) is 5.82 Å². The monoisotopic (exact) mass is 234 g/mol. The van der Waals surface area contributed by atoms with E-state index in [2.05, 4.69) is 28.7 Å². The lowest BCUT2D eigenvalue weighted by Crippen LogP contribution is -2.35. The van der Waals surface area contributed by atoms with Crippen LogP contribution in [0.5, 0.6) is 0 Å². The molecule has 0 atom stereocenters. The molecule has 0 aliphatic carbocycles. The molecule has 1 saturated heterocycles. The molecular formula is C13H22N4. The van der Waals surface area contributed by atoms with E-state index in [0.29, 0.717) is 5.95 Å². The van der Waals surface area contributed by atoms with Crippen molar-refractivity contribution >= 4 is 11.8 Å². The van der Waals surface area contributed by atoms with Gasteiger partial charge in [0, 0.05) is 24.8 Å². The first kappa shape index (κ1) is 12.1. The van der Waals surface area contributed by atoms with Gasteiger partial charge in [-0.15, -0.1) is 0 Å². The lowest BCUT2D eigenvalue weighted by Gasteiger charge is -2.34. The molecule has 4 nitrogen and oxygen atoms in total. The van der Waals surface area contributed by atoms with Crippen LogP contribution in [0.4, 0.5) is 11.8 Å². The summed E-state index contributed by atoms with van der Waals surface area (Å²) >= 11 is 0. The van der Waals surface area contributed by atoms with Crippen molar-refractivity contribution in [3.05, 3.63) is 11.8 Å². The zero-order valence-electron chi connectivity index (χ0n) is 11.0. The van der Waals surface area contributed by atoms with Crippen molar-refractivity contribution in [3.8, 4) is 0 Å². The number of nitrogen functional groups attached to an aromatic ring is 1. The molecule has 1 aliphatic heterocycles. The number of hydrogen-bond acceptors (Lipinski definition) is 4. The van der Waals surface area contributed by atoms with Gasteiger partial charge >= 0.3 is 0 Å². The molecule has 94 valence electrons. The van der Waals surface area contributed by atoms with Gasteiger partial charge in [-0.2, -0.15) is 4.98 Å². The van der Waals surface area contributed by atoms with Gasteiger partial charge in [-0.05, 0) is 31.6 Å². The largest absolute Gasteiger partial charge is 0.368 e. The lowest BCUT2D eigenvalue weighted by molar-refractivity contribution is 0.310. The number of piperidine rings is 1. The van der Waals surface area contributed by atoms with Gasteiger partial charge in [0.15, 0.2) is 0 Å². The summed E-state index contributed by atoms with van der Waals surface area (Å²) in [5.41, 5.74) is 6.64. The third-order valence-electron chi connectivity index (χ3n) is 3.66. The summed E-state index contributed by atoms with van der Waals surface area (Å²) in [4.78, 5) is 10.8. The first-order chi connectivity index (χ1) is 8.06. The Kier molecular flexibility index (Phi) is 3.50. The van der Waals surface area contributed by atoms with Crippen LogP contribution in [0, 0.1) is 18.8 Å². The molecule has 1 aromatic heterocycles. The molecule has 0 amide bonds. The Labute approximate surface area is 103 Å². The second kappa shape index (κ2) is 4.90. The number of hydrogen-bond donors (Lipinski definition) is 1. The quantitative estimate of drug-likeness (QED) is 0.852. The van der Waals surface area contributed by atoms with E-state index in [4.69, 9.17) is 5.73 Å². The summed E-state index contributed by atoms with van der Waals surface area (Å²) in [6.07, 6.45) is 2.50. The molecule has 2 heterocycles. The van der Waals surface area contributed by atoms with Gasteiger partial charge in [-0.3, -0.25) is 0 Å². The maximum absolute atomic E-state index is 5.69. The minimum Gasteiger partial charge on any atom is -0.368 e. The van der Waals surface area contributed by atoms with E-state index >= 15 is 0 Å². The Bertz CT molecular complexity index is 361. The summed E-state index contributed by atoms with van der Waals surface area (Å²) in [6, 6.07) is 2.02. The first-order valence-electron chi connectivity index (χ1n) is 6.42. The Morgan fingerprint density at radius 3 is 2.47 bits per heavy atom. The minimum absolute atomic E-state index is 0.381. The molecule has 0 aromatic carbocycles. The summed E-state index contributed by atoms with van der Waals surface area (Å²) in [5.74, 6) is 3.00. The molecule has 4 heteroatoms. The van der Waals surface area contributed by atoms with Crippen LogP contribution in [-0.2, 0) is 0 Å². The lowest BCUT2D eigenvalue weighted by atomic mass is 9.87. The predicted molar refractivity (Wildman–Crippen MR) is 71.0 cm³/mol. The maximum Gasteiger partial charge on any atom is 0.222 e. The van der Waals surface area contributed by atoms with Crippen LogP contribution in [0.3, 0.4) is 0 Å². The van der Waals surface area contributed by atoms with E-state index in [0.717, 1.165) is 36.4 Å². The standard InChI is InChI=1S/C13H22N4/c1-9(2)11-4-6-17(7-5-11)12-8-10(3)15-13(14)16-12/h8-9,11H,4-7H2,1-3H3,(H2,14,15,16). The van der Waals surface area contributed by atoms with Crippen molar-refractivity contribution in [1.82, 2.24) is 9.97 Å². The average molecular weight is 234 g/mol. The van der Waals surface area contributed by atoms with Crippen molar-refractivity contribution in [2.75, 3.05) is 23.7 Å². The zero-order valence-corrected chi connectivity index (χ0v) is 11.0. The van der Waals surface area contributed by atoms with Crippen LogP contribution in [0.25, 0.3) is 0 Å². The van der Waals surface area contributed by atoms with E-state index in [1.54, 1.807) is 0 Å². The average Bonchev–Trinajstić information content (AvgIpc) is 2.28. The number of aryl methyl sites for hydroxylation is 1. The van der Waals surface area contributed by atoms with Crippen molar-refractivity contribution in [3.63, 3.8) is 0 Å². The summed E-state index contributed by atoms with van der Waals surface area (Å²) < 4.78 is 0. The fourth-order valence-electron chi connectivity index (χ4n) is 2.53. The van der Waals surface area contributed by atoms with Crippen LogP contribution in [0.2, 0.25) is 0 Å². The topological polar surface area (TPSA) is 55.0 Å². The van der Waals surface area contributed by atoms with Crippen molar-refractivity contribution < 1.29 is 0 Å². The van der Waals surface area contributed by atoms with Gasteiger partial charge in [-0.1, -0.05) is 13.8 Å². The van der Waals surface area contributed by atoms with Crippen LogP contribution >= 0.6 is 0 Å².